The molecule has 3 amide bonds. The Kier molecular flexibility index (Phi) is 11.7. The number of hydrogen-bond acceptors (Lipinski definition) is 5. The van der Waals surface area contributed by atoms with E-state index in [-0.39, 0.29) is 30.2 Å². The van der Waals surface area contributed by atoms with Crippen molar-refractivity contribution in [2.45, 2.75) is 33.7 Å². The Hall–Kier alpha value is -1.67. The molecule has 0 aliphatic rings. The van der Waals surface area contributed by atoms with Crippen molar-refractivity contribution < 1.29 is 14.4 Å². The molecule has 8 heteroatoms. The zero-order chi connectivity index (χ0) is 20.9. The molecule has 0 spiro atoms. The van der Waals surface area contributed by atoms with E-state index in [1.54, 1.807) is 30.0 Å². The van der Waals surface area contributed by atoms with Gasteiger partial charge in [0.25, 0.3) is 11.8 Å². The summed E-state index contributed by atoms with van der Waals surface area (Å²) in [4.78, 5) is 36.7. The van der Waals surface area contributed by atoms with Gasteiger partial charge >= 0.3 is 0 Å². The lowest BCUT2D eigenvalue weighted by Gasteiger charge is -2.12. The van der Waals surface area contributed by atoms with Crippen molar-refractivity contribution >= 4 is 42.1 Å². The third-order valence-corrected chi connectivity index (χ3v) is 5.20. The van der Waals surface area contributed by atoms with Gasteiger partial charge in [-0.05, 0) is 35.9 Å². The maximum Gasteiger partial charge on any atom is 0.251 e. The van der Waals surface area contributed by atoms with Gasteiger partial charge in [0.05, 0.1) is 0 Å². The molecule has 0 bridgehead atoms. The van der Waals surface area contributed by atoms with E-state index in [2.05, 4.69) is 35.5 Å². The summed E-state index contributed by atoms with van der Waals surface area (Å²) in [6, 6.07) is 4.99. The van der Waals surface area contributed by atoms with Crippen molar-refractivity contribution in [1.29, 1.82) is 0 Å². The monoisotopic (exact) mass is 425 g/mol. The fourth-order valence-electron chi connectivity index (χ4n) is 2.31. The second-order valence-electron chi connectivity index (χ2n) is 6.64. The molecule has 0 atom stereocenters. The van der Waals surface area contributed by atoms with Crippen molar-refractivity contribution in [1.82, 2.24) is 16.0 Å². The molecule has 28 heavy (non-hydrogen) atoms. The molecule has 1 rings (SSSR count). The van der Waals surface area contributed by atoms with Crippen LogP contribution >= 0.6 is 24.4 Å². The SMILES string of the molecule is CCCSCCNC(=O)c1cc(CNC(=O)C(C)C)cc(C(=O)NCCS)c1. The van der Waals surface area contributed by atoms with Gasteiger partial charge in [-0.15, -0.1) is 0 Å². The molecule has 0 saturated carbocycles. The van der Waals surface area contributed by atoms with Crippen molar-refractivity contribution in [2.24, 2.45) is 5.92 Å². The molecule has 0 fully saturated rings. The van der Waals surface area contributed by atoms with E-state index in [0.717, 1.165) is 17.9 Å². The predicted octanol–water partition coefficient (Wildman–Crippen LogP) is 2.49. The van der Waals surface area contributed by atoms with Crippen LogP contribution in [0, 0.1) is 5.92 Å². The first-order valence-corrected chi connectivity index (χ1v) is 11.3. The summed E-state index contributed by atoms with van der Waals surface area (Å²) >= 11 is 5.88. The van der Waals surface area contributed by atoms with Gasteiger partial charge in [-0.3, -0.25) is 14.4 Å². The molecule has 0 aromatic heterocycles. The maximum atomic E-state index is 12.5. The van der Waals surface area contributed by atoms with Crippen LogP contribution in [0.5, 0.6) is 0 Å². The Morgan fingerprint density at radius 2 is 1.57 bits per heavy atom. The Bertz CT molecular complexity index is 666. The van der Waals surface area contributed by atoms with Gasteiger partial charge in [0, 0.05) is 48.2 Å². The molecule has 0 aliphatic carbocycles. The second-order valence-corrected chi connectivity index (χ2v) is 8.31. The van der Waals surface area contributed by atoms with Crippen LogP contribution in [-0.4, -0.2) is 48.1 Å². The van der Waals surface area contributed by atoms with E-state index >= 15 is 0 Å². The molecule has 6 nitrogen and oxygen atoms in total. The molecule has 1 aromatic carbocycles. The maximum absolute atomic E-state index is 12.5. The van der Waals surface area contributed by atoms with Crippen molar-refractivity contribution in [2.75, 3.05) is 30.3 Å². The largest absolute Gasteiger partial charge is 0.352 e. The van der Waals surface area contributed by atoms with Gasteiger partial charge in [-0.1, -0.05) is 20.8 Å². The lowest BCUT2D eigenvalue weighted by Crippen LogP contribution is -2.30. The standard InChI is InChI=1S/C20H31N3O3S2/c1-4-8-28-9-6-22-20(26)17-11-15(13-23-18(24)14(2)3)10-16(12-17)19(25)21-5-7-27/h10-12,14,27H,4-9,13H2,1-3H3,(H,21,25)(H,22,26)(H,23,24). The highest BCUT2D eigenvalue weighted by atomic mass is 32.2. The van der Waals surface area contributed by atoms with E-state index in [9.17, 15) is 14.4 Å². The lowest BCUT2D eigenvalue weighted by atomic mass is 10.0. The summed E-state index contributed by atoms with van der Waals surface area (Å²) < 4.78 is 0. The Morgan fingerprint density at radius 1 is 0.964 bits per heavy atom. The summed E-state index contributed by atoms with van der Waals surface area (Å²) in [6.07, 6.45) is 1.10. The van der Waals surface area contributed by atoms with Gasteiger partial charge in [-0.2, -0.15) is 24.4 Å². The van der Waals surface area contributed by atoms with Gasteiger partial charge < -0.3 is 16.0 Å². The topological polar surface area (TPSA) is 87.3 Å². The molecule has 1 aromatic rings. The molecule has 0 radical (unpaired) electrons. The summed E-state index contributed by atoms with van der Waals surface area (Å²) in [5, 5.41) is 8.46. The van der Waals surface area contributed by atoms with Gasteiger partial charge in [0.15, 0.2) is 0 Å². The number of thioether (sulfide) groups is 1. The quantitative estimate of drug-likeness (QED) is 0.306. The molecular weight excluding hydrogens is 394 g/mol. The highest BCUT2D eigenvalue weighted by Crippen LogP contribution is 2.12. The zero-order valence-electron chi connectivity index (χ0n) is 16.8. The number of carbonyl (C=O) groups excluding carboxylic acids is 3. The first kappa shape index (κ1) is 24.4. The predicted molar refractivity (Wildman–Crippen MR) is 119 cm³/mol. The van der Waals surface area contributed by atoms with Gasteiger partial charge in [0.1, 0.15) is 0 Å². The van der Waals surface area contributed by atoms with Crippen LogP contribution < -0.4 is 16.0 Å². The van der Waals surface area contributed by atoms with E-state index in [0.29, 0.717) is 35.5 Å². The third kappa shape index (κ3) is 9.01. The summed E-state index contributed by atoms with van der Waals surface area (Å²) in [5.41, 5.74) is 1.51. The number of thiol groups is 1. The number of amides is 3. The zero-order valence-corrected chi connectivity index (χ0v) is 18.6. The van der Waals surface area contributed by atoms with Crippen LogP contribution in [-0.2, 0) is 11.3 Å². The normalized spacial score (nSPS) is 10.6. The Labute approximate surface area is 177 Å². The number of carbonyl (C=O) groups is 3. The highest BCUT2D eigenvalue weighted by molar-refractivity contribution is 7.99. The van der Waals surface area contributed by atoms with E-state index < -0.39 is 0 Å². The van der Waals surface area contributed by atoms with Crippen molar-refractivity contribution in [3.05, 3.63) is 34.9 Å². The fourth-order valence-corrected chi connectivity index (χ4v) is 3.16. The lowest BCUT2D eigenvalue weighted by molar-refractivity contribution is -0.124. The van der Waals surface area contributed by atoms with Crippen LogP contribution in [0.2, 0.25) is 0 Å². The minimum atomic E-state index is -0.265. The highest BCUT2D eigenvalue weighted by Gasteiger charge is 2.14. The summed E-state index contributed by atoms with van der Waals surface area (Å²) in [7, 11) is 0. The van der Waals surface area contributed by atoms with Crippen molar-refractivity contribution in [3.8, 4) is 0 Å². The number of benzene rings is 1. The second kappa shape index (κ2) is 13.5. The third-order valence-electron chi connectivity index (χ3n) is 3.79. The first-order valence-electron chi connectivity index (χ1n) is 9.55. The molecule has 0 heterocycles. The molecule has 156 valence electrons. The van der Waals surface area contributed by atoms with Crippen LogP contribution in [0.1, 0.15) is 53.5 Å². The van der Waals surface area contributed by atoms with E-state index in [1.807, 2.05) is 13.8 Å². The van der Waals surface area contributed by atoms with Crippen molar-refractivity contribution in [3.63, 3.8) is 0 Å². The van der Waals surface area contributed by atoms with Crippen LogP contribution in [0.25, 0.3) is 0 Å². The number of rotatable bonds is 12. The van der Waals surface area contributed by atoms with Gasteiger partial charge in [0.2, 0.25) is 5.91 Å². The van der Waals surface area contributed by atoms with E-state index in [4.69, 9.17) is 0 Å². The smallest absolute Gasteiger partial charge is 0.251 e. The average Bonchev–Trinajstić information content (AvgIpc) is 2.69. The van der Waals surface area contributed by atoms with Gasteiger partial charge in [-0.25, -0.2) is 0 Å². The van der Waals surface area contributed by atoms with E-state index in [1.165, 1.54) is 0 Å². The van der Waals surface area contributed by atoms with Crippen LogP contribution in [0.4, 0.5) is 0 Å². The minimum Gasteiger partial charge on any atom is -0.352 e. The Balaban J connectivity index is 2.90. The molecule has 0 saturated heterocycles. The fraction of sp³-hybridized carbons (Fsp3) is 0.550. The molecular formula is C20H31N3O3S2. The Morgan fingerprint density at radius 3 is 2.11 bits per heavy atom. The minimum absolute atomic E-state index is 0.0797. The molecule has 0 aliphatic heterocycles. The average molecular weight is 426 g/mol. The number of nitrogens with one attached hydrogen (secondary N) is 3. The summed E-state index contributed by atoms with van der Waals surface area (Å²) in [5.74, 6) is 1.73. The van der Waals surface area contributed by atoms with Crippen LogP contribution in [0.15, 0.2) is 18.2 Å². The number of hydrogen-bond donors (Lipinski definition) is 4. The molecule has 0 unspecified atom stereocenters. The van der Waals surface area contributed by atoms with Crippen LogP contribution in [0.3, 0.4) is 0 Å². The first-order chi connectivity index (χ1) is 13.4. The summed E-state index contributed by atoms with van der Waals surface area (Å²) in [6.45, 7) is 7.01. The molecule has 3 N–H and O–H groups in total.